The molecule has 8 heteroatoms. The summed E-state index contributed by atoms with van der Waals surface area (Å²) >= 11 is 0. The van der Waals surface area contributed by atoms with Crippen LogP contribution in [0.4, 0.5) is 0 Å². The first-order valence-corrected chi connectivity index (χ1v) is 13.6. The van der Waals surface area contributed by atoms with Crippen LogP contribution in [0.5, 0.6) is 0 Å². The Morgan fingerprint density at radius 3 is 2.27 bits per heavy atom. The maximum absolute atomic E-state index is 13.2. The van der Waals surface area contributed by atoms with E-state index in [0.29, 0.717) is 11.1 Å². The van der Waals surface area contributed by atoms with Crippen LogP contribution in [-0.2, 0) is 16.4 Å². The highest BCUT2D eigenvalue weighted by Crippen LogP contribution is 2.25. The van der Waals surface area contributed by atoms with Gasteiger partial charge in [0, 0.05) is 25.7 Å². The molecule has 3 aromatic carbocycles. The van der Waals surface area contributed by atoms with Crippen molar-refractivity contribution in [3.63, 3.8) is 0 Å². The van der Waals surface area contributed by atoms with Crippen molar-refractivity contribution in [3.05, 3.63) is 89.0 Å². The number of carboxylic acids is 1. The van der Waals surface area contributed by atoms with E-state index in [-0.39, 0.29) is 29.1 Å². The van der Waals surface area contributed by atoms with Crippen LogP contribution >= 0.6 is 0 Å². The van der Waals surface area contributed by atoms with Crippen molar-refractivity contribution >= 4 is 16.0 Å². The quantitative estimate of drug-likeness (QED) is 0.346. The molecule has 0 unspecified atom stereocenters. The van der Waals surface area contributed by atoms with E-state index in [1.165, 1.54) is 48.0 Å². The van der Waals surface area contributed by atoms with E-state index >= 15 is 0 Å². The zero-order valence-corrected chi connectivity index (χ0v) is 22.8. The second-order valence-corrected chi connectivity index (χ2v) is 12.3. The summed E-state index contributed by atoms with van der Waals surface area (Å²) in [4.78, 5) is 11.4. The van der Waals surface area contributed by atoms with Gasteiger partial charge in [0.2, 0.25) is 10.0 Å². The van der Waals surface area contributed by atoms with Crippen molar-refractivity contribution in [2.24, 2.45) is 0 Å². The van der Waals surface area contributed by atoms with Crippen LogP contribution in [0.2, 0.25) is 0 Å². The molecule has 3 rings (SSSR count). The maximum Gasteiger partial charge on any atom is 0.335 e. The Balaban J connectivity index is 1.65. The number of carbonyl (C=O) groups is 1. The number of sulfonamides is 1. The van der Waals surface area contributed by atoms with Crippen LogP contribution in [0.1, 0.15) is 40.9 Å². The third-order valence-corrected chi connectivity index (χ3v) is 8.31. The lowest BCUT2D eigenvalue weighted by molar-refractivity contribution is 0.0697. The molecule has 0 aliphatic rings. The lowest BCUT2D eigenvalue weighted by atomic mass is 9.93. The highest BCUT2D eigenvalue weighted by atomic mass is 32.2. The SMILES string of the molecule is Cc1ccc(CC(C)(C)NC[C@@H](O)CN(C)S(=O)(=O)c2cccc(-c3cccc(C(=O)O)c3)c2)cc1C. The van der Waals surface area contributed by atoms with Crippen LogP contribution in [0.3, 0.4) is 0 Å². The summed E-state index contributed by atoms with van der Waals surface area (Å²) in [6.45, 7) is 8.44. The minimum atomic E-state index is -3.87. The van der Waals surface area contributed by atoms with Crippen molar-refractivity contribution in [1.29, 1.82) is 0 Å². The number of likely N-dealkylation sites (N-methyl/N-ethyl adjacent to an activating group) is 1. The molecular weight excluding hydrogens is 488 g/mol. The van der Waals surface area contributed by atoms with Gasteiger partial charge in [-0.1, -0.05) is 42.5 Å². The molecule has 0 aromatic heterocycles. The molecule has 0 saturated carbocycles. The molecule has 0 fully saturated rings. The van der Waals surface area contributed by atoms with E-state index in [9.17, 15) is 23.4 Å². The van der Waals surface area contributed by atoms with Gasteiger partial charge < -0.3 is 15.5 Å². The summed E-state index contributed by atoms with van der Waals surface area (Å²) in [6, 6.07) is 19.1. The van der Waals surface area contributed by atoms with Gasteiger partial charge >= 0.3 is 5.97 Å². The Hall–Kier alpha value is -3.04. The number of rotatable bonds is 11. The molecule has 0 aliphatic carbocycles. The van der Waals surface area contributed by atoms with Crippen LogP contribution < -0.4 is 5.32 Å². The summed E-state index contributed by atoms with van der Waals surface area (Å²) in [5.41, 5.74) is 4.71. The molecule has 198 valence electrons. The van der Waals surface area contributed by atoms with Crippen molar-refractivity contribution in [2.45, 2.75) is 50.7 Å². The summed E-state index contributed by atoms with van der Waals surface area (Å²) in [6.07, 6.45) is -0.139. The number of benzene rings is 3. The lowest BCUT2D eigenvalue weighted by Gasteiger charge is -2.29. The molecule has 0 amide bonds. The normalized spacial score (nSPS) is 13.1. The number of aliphatic hydroxyl groups excluding tert-OH is 1. The lowest BCUT2D eigenvalue weighted by Crippen LogP contribution is -2.47. The first-order chi connectivity index (χ1) is 17.3. The fourth-order valence-corrected chi connectivity index (χ4v) is 5.44. The number of aliphatic hydroxyl groups is 1. The van der Waals surface area contributed by atoms with Crippen molar-refractivity contribution < 1.29 is 23.4 Å². The molecule has 0 heterocycles. The zero-order valence-electron chi connectivity index (χ0n) is 22.0. The van der Waals surface area contributed by atoms with Crippen molar-refractivity contribution in [2.75, 3.05) is 20.1 Å². The molecule has 3 N–H and O–H groups in total. The van der Waals surface area contributed by atoms with Gasteiger partial charge in [-0.2, -0.15) is 4.31 Å². The number of hydrogen-bond acceptors (Lipinski definition) is 5. The van der Waals surface area contributed by atoms with E-state index in [4.69, 9.17) is 0 Å². The molecule has 0 bridgehead atoms. The standard InChI is InChI=1S/C29H36N2O5S/c1-20-12-13-22(14-21(20)2)17-29(3,4)30-18-26(32)19-31(5)37(35,36)27-11-7-9-24(16-27)23-8-6-10-25(15-23)28(33)34/h6-16,26,30,32H,17-19H2,1-5H3,(H,33,34)/t26-/m1/s1. The fraction of sp³-hybridized carbons (Fsp3) is 0.345. The van der Waals surface area contributed by atoms with Crippen LogP contribution in [-0.4, -0.2) is 60.7 Å². The Bertz CT molecular complexity index is 1370. The van der Waals surface area contributed by atoms with Gasteiger partial charge in [0.05, 0.1) is 16.6 Å². The van der Waals surface area contributed by atoms with E-state index < -0.39 is 22.1 Å². The summed E-state index contributed by atoms with van der Waals surface area (Å²) < 4.78 is 27.6. The van der Waals surface area contributed by atoms with E-state index in [2.05, 4.69) is 51.2 Å². The number of hydrogen-bond donors (Lipinski definition) is 3. The zero-order chi connectivity index (χ0) is 27.4. The van der Waals surface area contributed by atoms with Crippen LogP contribution in [0.15, 0.2) is 71.6 Å². The predicted octanol–water partition coefficient (Wildman–Crippen LogP) is 4.26. The molecule has 0 radical (unpaired) electrons. The fourth-order valence-electron chi connectivity index (χ4n) is 4.19. The molecule has 1 atom stereocenters. The maximum atomic E-state index is 13.2. The Morgan fingerprint density at radius 1 is 0.973 bits per heavy atom. The van der Waals surface area contributed by atoms with Crippen LogP contribution in [0, 0.1) is 13.8 Å². The first-order valence-electron chi connectivity index (χ1n) is 12.2. The molecule has 0 spiro atoms. The van der Waals surface area contributed by atoms with Gasteiger partial charge in [0.25, 0.3) is 0 Å². The summed E-state index contributed by atoms with van der Waals surface area (Å²) in [5.74, 6) is -1.05. The molecule has 0 saturated heterocycles. The van der Waals surface area contributed by atoms with Gasteiger partial charge in [-0.05, 0) is 86.2 Å². The monoisotopic (exact) mass is 524 g/mol. The number of nitrogens with zero attached hydrogens (tertiary/aromatic N) is 1. The average Bonchev–Trinajstić information content (AvgIpc) is 2.85. The number of aryl methyl sites for hydroxylation is 2. The van der Waals surface area contributed by atoms with Gasteiger partial charge in [-0.3, -0.25) is 0 Å². The van der Waals surface area contributed by atoms with Gasteiger partial charge in [-0.15, -0.1) is 0 Å². The van der Waals surface area contributed by atoms with E-state index in [0.717, 1.165) is 10.7 Å². The highest BCUT2D eigenvalue weighted by molar-refractivity contribution is 7.89. The minimum Gasteiger partial charge on any atom is -0.478 e. The second-order valence-electron chi connectivity index (χ2n) is 10.2. The number of β-amino-alcohol motifs (C(OH)–C–C–N with tert-alkyl or cyclic N) is 1. The highest BCUT2D eigenvalue weighted by Gasteiger charge is 2.25. The molecular formula is C29H36N2O5S. The third kappa shape index (κ3) is 7.49. The largest absolute Gasteiger partial charge is 0.478 e. The van der Waals surface area contributed by atoms with E-state index in [1.807, 2.05) is 0 Å². The summed E-state index contributed by atoms with van der Waals surface area (Å²) in [7, 11) is -2.43. The van der Waals surface area contributed by atoms with Crippen molar-refractivity contribution in [1.82, 2.24) is 9.62 Å². The van der Waals surface area contributed by atoms with Gasteiger partial charge in [-0.25, -0.2) is 13.2 Å². The second kappa shape index (κ2) is 11.6. The first kappa shape index (κ1) is 28.5. The third-order valence-electron chi connectivity index (χ3n) is 6.49. The Morgan fingerprint density at radius 2 is 1.62 bits per heavy atom. The van der Waals surface area contributed by atoms with Gasteiger partial charge in [0.15, 0.2) is 0 Å². The average molecular weight is 525 g/mol. The van der Waals surface area contributed by atoms with E-state index in [1.54, 1.807) is 24.3 Å². The number of aromatic carboxylic acids is 1. The molecule has 3 aromatic rings. The smallest absolute Gasteiger partial charge is 0.335 e. The molecule has 37 heavy (non-hydrogen) atoms. The van der Waals surface area contributed by atoms with Gasteiger partial charge in [0.1, 0.15) is 0 Å². The van der Waals surface area contributed by atoms with Crippen LogP contribution in [0.25, 0.3) is 11.1 Å². The number of carboxylic acid groups (broad SMARTS) is 1. The topological polar surface area (TPSA) is 107 Å². The Kier molecular flexibility index (Phi) is 8.92. The Labute approximate surface area is 219 Å². The molecule has 0 aliphatic heterocycles. The minimum absolute atomic E-state index is 0.0726. The van der Waals surface area contributed by atoms with Crippen molar-refractivity contribution in [3.8, 4) is 11.1 Å². The molecule has 7 nitrogen and oxygen atoms in total. The summed E-state index contributed by atoms with van der Waals surface area (Å²) in [5, 5.41) is 23.2. The number of nitrogens with one attached hydrogen (secondary N) is 1. The predicted molar refractivity (Wildman–Crippen MR) is 146 cm³/mol.